The van der Waals surface area contributed by atoms with Crippen LogP contribution in [0.25, 0.3) is 0 Å². The molecule has 0 aromatic carbocycles. The van der Waals surface area contributed by atoms with Crippen molar-refractivity contribution in [1.29, 1.82) is 0 Å². The second-order valence-electron chi connectivity index (χ2n) is 8.94. The van der Waals surface area contributed by atoms with Crippen LogP contribution >= 0.6 is 0 Å². The molecule has 0 bridgehead atoms. The van der Waals surface area contributed by atoms with Crippen molar-refractivity contribution in [2.45, 2.75) is 25.7 Å². The molecule has 0 unspecified atom stereocenters. The molecule has 0 saturated heterocycles. The molecule has 0 amide bonds. The SMILES string of the molecule is COCCCN(CCOCCCO)CCOCCCOCCOCCCN(CCOCCO)CCOCCO. The highest BCUT2D eigenvalue weighted by atomic mass is 16.5. The lowest BCUT2D eigenvalue weighted by Gasteiger charge is -2.22. The lowest BCUT2D eigenvalue weighted by Crippen LogP contribution is -2.33. The van der Waals surface area contributed by atoms with Crippen molar-refractivity contribution in [2.24, 2.45) is 0 Å². The normalized spacial score (nSPS) is 11.8. The third kappa shape index (κ3) is 30.3. The first kappa shape index (κ1) is 38.5. The van der Waals surface area contributed by atoms with Gasteiger partial charge in [0.15, 0.2) is 0 Å². The van der Waals surface area contributed by atoms with Gasteiger partial charge >= 0.3 is 0 Å². The van der Waals surface area contributed by atoms with Crippen molar-refractivity contribution in [3.8, 4) is 0 Å². The number of nitrogens with zero attached hydrogens (tertiary/aromatic N) is 2. The number of ether oxygens (including phenoxy) is 7. The van der Waals surface area contributed by atoms with E-state index in [4.69, 9.17) is 48.5 Å². The van der Waals surface area contributed by atoms with Crippen molar-refractivity contribution in [2.75, 3.05) is 152 Å². The Morgan fingerprint density at radius 2 is 0.744 bits per heavy atom. The molecule has 0 saturated carbocycles. The smallest absolute Gasteiger partial charge is 0.0700 e. The van der Waals surface area contributed by atoms with Crippen molar-refractivity contribution in [3.05, 3.63) is 0 Å². The standard InChI is InChI=1S/C27H58N2O10/c1-33-15-2-6-28(8-20-34-17-4-12-30)9-21-35-18-5-19-37-27-26-36-16-3-7-29(10-22-38-24-13-31)11-23-39-25-14-32/h30-32H,2-27H2,1H3. The zero-order valence-electron chi connectivity index (χ0n) is 24.5. The number of rotatable bonds is 34. The van der Waals surface area contributed by atoms with Crippen LogP contribution in [0.15, 0.2) is 0 Å². The molecule has 236 valence electrons. The van der Waals surface area contributed by atoms with E-state index in [1.165, 1.54) is 0 Å². The summed E-state index contributed by atoms with van der Waals surface area (Å²) in [5.74, 6) is 0. The van der Waals surface area contributed by atoms with Crippen LogP contribution in [0.1, 0.15) is 25.7 Å². The van der Waals surface area contributed by atoms with Crippen LogP contribution in [0.5, 0.6) is 0 Å². The van der Waals surface area contributed by atoms with Crippen molar-refractivity contribution < 1.29 is 48.5 Å². The molecule has 12 heteroatoms. The highest BCUT2D eigenvalue weighted by molar-refractivity contribution is 4.59. The monoisotopic (exact) mass is 570 g/mol. The van der Waals surface area contributed by atoms with Gasteiger partial charge in [0, 0.05) is 86.0 Å². The maximum Gasteiger partial charge on any atom is 0.0700 e. The topological polar surface area (TPSA) is 132 Å². The van der Waals surface area contributed by atoms with Crippen LogP contribution in [0.3, 0.4) is 0 Å². The summed E-state index contributed by atoms with van der Waals surface area (Å²) in [6, 6.07) is 0. The first-order valence-corrected chi connectivity index (χ1v) is 14.5. The Bertz CT molecular complexity index is 443. The minimum atomic E-state index is 0.0287. The van der Waals surface area contributed by atoms with Crippen LogP contribution in [-0.2, 0) is 33.2 Å². The lowest BCUT2D eigenvalue weighted by atomic mass is 10.4. The number of hydrogen-bond acceptors (Lipinski definition) is 12. The maximum atomic E-state index is 8.83. The van der Waals surface area contributed by atoms with Crippen LogP contribution < -0.4 is 0 Å². The molecule has 0 fully saturated rings. The third-order valence-electron chi connectivity index (χ3n) is 5.66. The van der Waals surface area contributed by atoms with Gasteiger partial charge < -0.3 is 48.5 Å². The molecule has 0 aromatic rings. The molecule has 0 aliphatic carbocycles. The van der Waals surface area contributed by atoms with E-state index in [9.17, 15) is 0 Å². The molecule has 0 aliphatic rings. The van der Waals surface area contributed by atoms with Gasteiger partial charge in [-0.25, -0.2) is 0 Å². The molecular weight excluding hydrogens is 512 g/mol. The molecule has 0 rings (SSSR count). The minimum absolute atomic E-state index is 0.0287. The Kier molecular flexibility index (Phi) is 33.3. The van der Waals surface area contributed by atoms with E-state index in [-0.39, 0.29) is 19.8 Å². The highest BCUT2D eigenvalue weighted by Gasteiger charge is 2.06. The highest BCUT2D eigenvalue weighted by Crippen LogP contribution is 1.97. The van der Waals surface area contributed by atoms with Crippen LogP contribution in [0.4, 0.5) is 0 Å². The molecular formula is C27H58N2O10. The van der Waals surface area contributed by atoms with Gasteiger partial charge in [-0.05, 0) is 25.7 Å². The fourth-order valence-corrected chi connectivity index (χ4v) is 3.56. The largest absolute Gasteiger partial charge is 0.396 e. The molecule has 0 aromatic heterocycles. The van der Waals surface area contributed by atoms with Crippen molar-refractivity contribution in [1.82, 2.24) is 9.80 Å². The average molecular weight is 571 g/mol. The van der Waals surface area contributed by atoms with Gasteiger partial charge in [-0.2, -0.15) is 0 Å². The Labute approximate surface area is 236 Å². The second kappa shape index (κ2) is 33.7. The van der Waals surface area contributed by atoms with E-state index in [1.54, 1.807) is 7.11 Å². The summed E-state index contributed by atoms with van der Waals surface area (Å²) in [5.41, 5.74) is 0. The number of aliphatic hydroxyl groups is 3. The summed E-state index contributed by atoms with van der Waals surface area (Å²) in [4.78, 5) is 4.56. The van der Waals surface area contributed by atoms with E-state index in [2.05, 4.69) is 9.80 Å². The number of aliphatic hydroxyl groups excluding tert-OH is 3. The zero-order chi connectivity index (χ0) is 28.5. The van der Waals surface area contributed by atoms with Gasteiger partial charge in [0.2, 0.25) is 0 Å². The second-order valence-corrected chi connectivity index (χ2v) is 8.94. The van der Waals surface area contributed by atoms with Crippen LogP contribution in [0, 0.1) is 0 Å². The summed E-state index contributed by atoms with van der Waals surface area (Å²) < 4.78 is 38.5. The van der Waals surface area contributed by atoms with Crippen molar-refractivity contribution >= 4 is 0 Å². The number of hydrogen-bond donors (Lipinski definition) is 3. The minimum Gasteiger partial charge on any atom is -0.396 e. The van der Waals surface area contributed by atoms with Crippen LogP contribution in [-0.4, -0.2) is 177 Å². The molecule has 3 N–H and O–H groups in total. The number of methoxy groups -OCH3 is 1. The molecule has 0 aliphatic heterocycles. The van der Waals surface area contributed by atoms with Gasteiger partial charge in [0.1, 0.15) is 0 Å². The van der Waals surface area contributed by atoms with Gasteiger partial charge in [-0.15, -0.1) is 0 Å². The average Bonchev–Trinajstić information content (AvgIpc) is 2.94. The first-order chi connectivity index (χ1) is 19.3. The summed E-state index contributed by atoms with van der Waals surface area (Å²) in [5, 5.41) is 26.5. The third-order valence-corrected chi connectivity index (χ3v) is 5.66. The van der Waals surface area contributed by atoms with Crippen LogP contribution in [0.2, 0.25) is 0 Å². The lowest BCUT2D eigenvalue weighted by molar-refractivity contribution is 0.0255. The fraction of sp³-hybridized carbons (Fsp3) is 1.00. The van der Waals surface area contributed by atoms with Gasteiger partial charge in [0.05, 0.1) is 66.1 Å². The quantitative estimate of drug-likeness (QED) is 0.0891. The van der Waals surface area contributed by atoms with E-state index < -0.39 is 0 Å². The zero-order valence-corrected chi connectivity index (χ0v) is 24.5. The Hall–Kier alpha value is -0.480. The summed E-state index contributed by atoms with van der Waals surface area (Å²) in [6.07, 6.45) is 3.39. The van der Waals surface area contributed by atoms with Crippen molar-refractivity contribution in [3.63, 3.8) is 0 Å². The fourth-order valence-electron chi connectivity index (χ4n) is 3.56. The Morgan fingerprint density at radius 3 is 1.18 bits per heavy atom. The summed E-state index contributed by atoms with van der Waals surface area (Å²) in [7, 11) is 1.72. The van der Waals surface area contributed by atoms with E-state index in [0.717, 1.165) is 65.1 Å². The summed E-state index contributed by atoms with van der Waals surface area (Å²) >= 11 is 0. The van der Waals surface area contributed by atoms with E-state index >= 15 is 0 Å². The molecule has 0 radical (unpaired) electrons. The Morgan fingerprint density at radius 1 is 0.359 bits per heavy atom. The van der Waals surface area contributed by atoms with Gasteiger partial charge in [-0.3, -0.25) is 9.80 Å². The molecule has 39 heavy (non-hydrogen) atoms. The predicted molar refractivity (Wildman–Crippen MR) is 149 cm³/mol. The maximum absolute atomic E-state index is 8.83. The van der Waals surface area contributed by atoms with Gasteiger partial charge in [-0.1, -0.05) is 0 Å². The molecule has 0 heterocycles. The Balaban J connectivity index is 3.70. The summed E-state index contributed by atoms with van der Waals surface area (Å²) in [6.45, 7) is 12.8. The van der Waals surface area contributed by atoms with E-state index in [0.29, 0.717) is 85.7 Å². The van der Waals surface area contributed by atoms with E-state index in [1.807, 2.05) is 0 Å². The predicted octanol–water partition coefficient (Wildman–Crippen LogP) is -0.126. The molecule has 12 nitrogen and oxygen atoms in total. The first-order valence-electron chi connectivity index (χ1n) is 14.5. The molecule has 0 atom stereocenters. The molecule has 0 spiro atoms. The van der Waals surface area contributed by atoms with Gasteiger partial charge in [0.25, 0.3) is 0 Å².